The minimum absolute atomic E-state index is 0.0446. The first-order valence-electron chi connectivity index (χ1n) is 5.87. The van der Waals surface area contributed by atoms with Crippen molar-refractivity contribution >= 4 is 16.9 Å². The van der Waals surface area contributed by atoms with Crippen LogP contribution in [-0.2, 0) is 4.74 Å². The van der Waals surface area contributed by atoms with Gasteiger partial charge in [-0.15, -0.1) is 0 Å². The van der Waals surface area contributed by atoms with Gasteiger partial charge in [-0.2, -0.15) is 5.26 Å². The van der Waals surface area contributed by atoms with Crippen LogP contribution >= 0.6 is 0 Å². The van der Waals surface area contributed by atoms with Crippen molar-refractivity contribution < 1.29 is 18.7 Å². The summed E-state index contributed by atoms with van der Waals surface area (Å²) in [5, 5.41) is 9.12. The predicted octanol–water partition coefficient (Wildman–Crippen LogP) is 2.82. The van der Waals surface area contributed by atoms with Crippen molar-refractivity contribution in [2.24, 2.45) is 0 Å². The van der Waals surface area contributed by atoms with E-state index in [4.69, 9.17) is 19.2 Å². The zero-order valence-electron chi connectivity index (χ0n) is 10.7. The minimum Gasteiger partial charge on any atom is -0.479 e. The second kappa shape index (κ2) is 5.44. The van der Waals surface area contributed by atoms with Crippen LogP contribution in [-0.4, -0.2) is 19.2 Å². The zero-order valence-corrected chi connectivity index (χ0v) is 10.7. The van der Waals surface area contributed by atoms with Gasteiger partial charge in [-0.1, -0.05) is 0 Å². The van der Waals surface area contributed by atoms with E-state index in [1.165, 1.54) is 0 Å². The number of carbonyl (C=O) groups is 1. The van der Waals surface area contributed by atoms with E-state index in [0.29, 0.717) is 34.6 Å². The third-order valence-electron chi connectivity index (χ3n) is 2.62. The van der Waals surface area contributed by atoms with E-state index in [0.717, 1.165) is 0 Å². The summed E-state index contributed by atoms with van der Waals surface area (Å²) in [5.41, 5.74) is 0.990. The van der Waals surface area contributed by atoms with Gasteiger partial charge in [-0.05, 0) is 32.0 Å². The van der Waals surface area contributed by atoms with Crippen molar-refractivity contribution in [2.45, 2.75) is 13.8 Å². The smallest absolute Gasteiger partial charge is 0.342 e. The lowest BCUT2D eigenvalue weighted by Gasteiger charge is -2.02. The molecule has 2 rings (SSSR count). The van der Waals surface area contributed by atoms with Gasteiger partial charge in [-0.25, -0.2) is 4.79 Å². The zero-order chi connectivity index (χ0) is 13.8. The standard InChI is InChI=1S/C14H13NO4/c1-3-17-14(16)13-9(2)19-12-5-4-10(8-11(12)13)18-7-6-15/h4-5,8H,3,7H2,1-2H3. The van der Waals surface area contributed by atoms with Gasteiger partial charge >= 0.3 is 5.97 Å². The molecule has 1 heterocycles. The number of aryl methyl sites for hydroxylation is 1. The Morgan fingerprint density at radius 2 is 2.26 bits per heavy atom. The summed E-state index contributed by atoms with van der Waals surface area (Å²) in [6.45, 7) is 3.71. The number of furan rings is 1. The molecule has 98 valence electrons. The van der Waals surface area contributed by atoms with Gasteiger partial charge < -0.3 is 13.9 Å². The molecule has 0 N–H and O–H groups in total. The summed E-state index contributed by atoms with van der Waals surface area (Å²) >= 11 is 0. The molecular formula is C14H13NO4. The van der Waals surface area contributed by atoms with Crippen molar-refractivity contribution in [1.29, 1.82) is 5.26 Å². The molecule has 2 aromatic rings. The molecule has 0 unspecified atom stereocenters. The van der Waals surface area contributed by atoms with E-state index in [-0.39, 0.29) is 6.61 Å². The Labute approximate surface area is 110 Å². The predicted molar refractivity (Wildman–Crippen MR) is 68.0 cm³/mol. The van der Waals surface area contributed by atoms with Gasteiger partial charge in [0.25, 0.3) is 0 Å². The maximum atomic E-state index is 11.9. The highest BCUT2D eigenvalue weighted by Gasteiger charge is 2.19. The van der Waals surface area contributed by atoms with E-state index < -0.39 is 5.97 Å². The molecule has 0 atom stereocenters. The van der Waals surface area contributed by atoms with E-state index in [9.17, 15) is 4.79 Å². The Hall–Kier alpha value is -2.48. The van der Waals surface area contributed by atoms with Crippen LogP contribution in [0.15, 0.2) is 22.6 Å². The molecule has 1 aromatic heterocycles. The molecular weight excluding hydrogens is 246 g/mol. The van der Waals surface area contributed by atoms with Crippen LogP contribution in [0.4, 0.5) is 0 Å². The summed E-state index contributed by atoms with van der Waals surface area (Å²) in [5.74, 6) is 0.600. The number of hydrogen-bond donors (Lipinski definition) is 0. The molecule has 1 aromatic carbocycles. The molecule has 0 amide bonds. The van der Waals surface area contributed by atoms with Crippen LogP contribution in [0.3, 0.4) is 0 Å². The molecule has 5 nitrogen and oxygen atoms in total. The van der Waals surface area contributed by atoms with Crippen molar-refractivity contribution in [3.05, 3.63) is 29.5 Å². The molecule has 0 bridgehead atoms. The van der Waals surface area contributed by atoms with Crippen molar-refractivity contribution in [2.75, 3.05) is 13.2 Å². The normalized spacial score (nSPS) is 10.2. The number of esters is 1. The van der Waals surface area contributed by atoms with Crippen molar-refractivity contribution in [3.63, 3.8) is 0 Å². The molecule has 5 heteroatoms. The quantitative estimate of drug-likeness (QED) is 0.789. The second-order valence-electron chi connectivity index (χ2n) is 3.86. The molecule has 0 aliphatic carbocycles. The average molecular weight is 259 g/mol. The fraction of sp³-hybridized carbons (Fsp3) is 0.286. The highest BCUT2D eigenvalue weighted by atomic mass is 16.5. The summed E-state index contributed by atoms with van der Waals surface area (Å²) < 4.78 is 15.7. The lowest BCUT2D eigenvalue weighted by atomic mass is 10.1. The second-order valence-corrected chi connectivity index (χ2v) is 3.86. The van der Waals surface area contributed by atoms with Crippen LogP contribution in [0, 0.1) is 18.3 Å². The highest BCUT2D eigenvalue weighted by molar-refractivity contribution is 6.04. The van der Waals surface area contributed by atoms with Crippen molar-refractivity contribution in [3.8, 4) is 11.8 Å². The number of hydrogen-bond acceptors (Lipinski definition) is 5. The van der Waals surface area contributed by atoms with Crippen LogP contribution in [0.1, 0.15) is 23.0 Å². The first kappa shape index (κ1) is 13.0. The van der Waals surface area contributed by atoms with E-state index in [1.54, 1.807) is 32.0 Å². The molecule has 0 saturated carbocycles. The Morgan fingerprint density at radius 1 is 1.47 bits per heavy atom. The first-order chi connectivity index (χ1) is 9.17. The van der Waals surface area contributed by atoms with Crippen LogP contribution in [0.25, 0.3) is 11.0 Å². The summed E-state index contributed by atoms with van der Waals surface area (Å²) in [7, 11) is 0. The Bertz CT molecular complexity index is 651. The topological polar surface area (TPSA) is 72.5 Å². The Morgan fingerprint density at radius 3 is 2.95 bits per heavy atom. The summed E-state index contributed by atoms with van der Waals surface area (Å²) in [6.07, 6.45) is 0. The molecule has 0 fully saturated rings. The monoisotopic (exact) mass is 259 g/mol. The number of benzene rings is 1. The number of rotatable bonds is 4. The summed E-state index contributed by atoms with van der Waals surface area (Å²) in [6, 6.07) is 6.96. The summed E-state index contributed by atoms with van der Waals surface area (Å²) in [4.78, 5) is 11.9. The van der Waals surface area contributed by atoms with Crippen LogP contribution in [0.5, 0.6) is 5.75 Å². The van der Waals surface area contributed by atoms with Gasteiger partial charge in [-0.3, -0.25) is 0 Å². The van der Waals surface area contributed by atoms with Gasteiger partial charge in [0.05, 0.1) is 6.61 Å². The molecule has 0 saturated heterocycles. The Kier molecular flexibility index (Phi) is 3.71. The van der Waals surface area contributed by atoms with E-state index >= 15 is 0 Å². The largest absolute Gasteiger partial charge is 0.479 e. The number of carbonyl (C=O) groups excluding carboxylic acids is 1. The number of ether oxygens (including phenoxy) is 2. The van der Waals surface area contributed by atoms with Crippen LogP contribution < -0.4 is 4.74 Å². The molecule has 0 radical (unpaired) electrons. The third kappa shape index (κ3) is 2.52. The maximum Gasteiger partial charge on any atom is 0.342 e. The van der Waals surface area contributed by atoms with Gasteiger partial charge in [0, 0.05) is 5.39 Å². The van der Waals surface area contributed by atoms with E-state index in [1.807, 2.05) is 6.07 Å². The SMILES string of the molecule is CCOC(=O)c1c(C)oc2ccc(OCC#N)cc12. The lowest BCUT2D eigenvalue weighted by Crippen LogP contribution is -2.05. The Balaban J connectivity index is 2.47. The van der Waals surface area contributed by atoms with Crippen molar-refractivity contribution in [1.82, 2.24) is 0 Å². The number of nitrogens with zero attached hydrogens (tertiary/aromatic N) is 1. The third-order valence-corrected chi connectivity index (χ3v) is 2.62. The molecule has 0 aliphatic rings. The maximum absolute atomic E-state index is 11.9. The van der Waals surface area contributed by atoms with E-state index in [2.05, 4.69) is 0 Å². The van der Waals surface area contributed by atoms with Gasteiger partial charge in [0.1, 0.15) is 28.7 Å². The lowest BCUT2D eigenvalue weighted by molar-refractivity contribution is 0.0526. The number of nitriles is 1. The minimum atomic E-state index is -0.420. The molecule has 19 heavy (non-hydrogen) atoms. The first-order valence-corrected chi connectivity index (χ1v) is 5.87. The molecule has 0 spiro atoms. The van der Waals surface area contributed by atoms with Crippen LogP contribution in [0.2, 0.25) is 0 Å². The number of fused-ring (bicyclic) bond motifs is 1. The average Bonchev–Trinajstić information content (AvgIpc) is 2.71. The highest BCUT2D eigenvalue weighted by Crippen LogP contribution is 2.29. The molecule has 0 aliphatic heterocycles. The van der Waals surface area contributed by atoms with Gasteiger partial charge in [0.2, 0.25) is 0 Å². The van der Waals surface area contributed by atoms with Gasteiger partial charge in [0.15, 0.2) is 6.61 Å². The fourth-order valence-corrected chi connectivity index (χ4v) is 1.86. The fourth-order valence-electron chi connectivity index (χ4n) is 1.86.